The monoisotopic (exact) mass is 438 g/mol. The third-order valence-corrected chi connectivity index (χ3v) is 3.51. The zero-order valence-electron chi connectivity index (χ0n) is 9.47. The van der Waals surface area contributed by atoms with Crippen LogP contribution >= 0.6 is 38.5 Å². The third kappa shape index (κ3) is 3.98. The molecule has 0 unspecified atom stereocenters. The summed E-state index contributed by atoms with van der Waals surface area (Å²) in [6.45, 7) is -0.421. The van der Waals surface area contributed by atoms with Crippen molar-refractivity contribution in [3.05, 3.63) is 32.1 Å². The van der Waals surface area contributed by atoms with Gasteiger partial charge >= 0.3 is 5.97 Å². The molecule has 0 aliphatic rings. The first kappa shape index (κ1) is 14.4. The Kier molecular flexibility index (Phi) is 4.88. The van der Waals surface area contributed by atoms with Crippen molar-refractivity contribution in [2.24, 2.45) is 0 Å². The molecular weight excluding hydrogens is 431 g/mol. The first-order valence-corrected chi connectivity index (χ1v) is 7.01. The van der Waals surface area contributed by atoms with Crippen LogP contribution in [0.3, 0.4) is 0 Å². The van der Waals surface area contributed by atoms with Crippen LogP contribution in [-0.2, 0) is 16.1 Å². The van der Waals surface area contributed by atoms with Gasteiger partial charge in [0.1, 0.15) is 13.2 Å². The normalized spacial score (nSPS) is 10.6. The van der Waals surface area contributed by atoms with E-state index in [4.69, 9.17) is 14.3 Å². The zero-order valence-corrected chi connectivity index (χ0v) is 13.2. The maximum atomic E-state index is 10.3. The first-order valence-electron chi connectivity index (χ1n) is 5.13. The number of aliphatic carboxylic acids is 1. The Morgan fingerprint density at radius 2 is 2.26 bits per heavy atom. The van der Waals surface area contributed by atoms with Gasteiger partial charge in [-0.25, -0.2) is 4.79 Å². The number of hydrogen-bond acceptors (Lipinski definition) is 5. The van der Waals surface area contributed by atoms with Gasteiger partial charge in [0.15, 0.2) is 0 Å². The van der Waals surface area contributed by atoms with E-state index in [1.807, 2.05) is 18.2 Å². The highest BCUT2D eigenvalue weighted by molar-refractivity contribution is 14.1. The predicted octanol–water partition coefficient (Wildman–Crippen LogP) is 2.70. The highest BCUT2D eigenvalue weighted by Gasteiger charge is 2.12. The maximum Gasteiger partial charge on any atom is 0.329 e. The van der Waals surface area contributed by atoms with Crippen molar-refractivity contribution in [1.82, 2.24) is 10.2 Å². The molecule has 0 fully saturated rings. The van der Waals surface area contributed by atoms with Gasteiger partial charge in [0.05, 0.1) is 5.56 Å². The fraction of sp³-hybridized carbons (Fsp3) is 0.182. The van der Waals surface area contributed by atoms with Gasteiger partial charge in [-0.15, -0.1) is 10.2 Å². The fourth-order valence-electron chi connectivity index (χ4n) is 1.31. The molecule has 1 N–H and O–H groups in total. The minimum Gasteiger partial charge on any atom is -0.480 e. The van der Waals surface area contributed by atoms with Gasteiger partial charge in [-0.05, 0) is 40.8 Å². The quantitative estimate of drug-likeness (QED) is 0.722. The number of carboxylic acid groups (broad SMARTS) is 1. The molecule has 19 heavy (non-hydrogen) atoms. The molecular formula is C11H8BrIN2O4. The van der Waals surface area contributed by atoms with Gasteiger partial charge in [-0.3, -0.25) is 0 Å². The number of ether oxygens (including phenoxy) is 1. The molecule has 0 aliphatic heterocycles. The summed E-state index contributed by atoms with van der Waals surface area (Å²) in [5.74, 6) is -0.423. The molecule has 2 rings (SSSR count). The van der Waals surface area contributed by atoms with Crippen molar-refractivity contribution in [1.29, 1.82) is 0 Å². The average molecular weight is 439 g/mol. The standard InChI is InChI=1S/C11H8BrIN2O4/c12-6-1-2-8(13)7(3-6)11-15-14-9(19-11)4-18-5-10(16)17/h1-3H,4-5H2,(H,16,17). The number of hydrogen-bond donors (Lipinski definition) is 1. The number of rotatable bonds is 5. The second kappa shape index (κ2) is 6.44. The minimum atomic E-state index is -1.04. The summed E-state index contributed by atoms with van der Waals surface area (Å²) in [7, 11) is 0. The third-order valence-electron chi connectivity index (χ3n) is 2.08. The van der Waals surface area contributed by atoms with E-state index in [0.29, 0.717) is 5.89 Å². The lowest BCUT2D eigenvalue weighted by Gasteiger charge is -1.99. The van der Waals surface area contributed by atoms with E-state index in [1.54, 1.807) is 0 Å². The van der Waals surface area contributed by atoms with Crippen molar-refractivity contribution in [3.63, 3.8) is 0 Å². The van der Waals surface area contributed by atoms with Gasteiger partial charge in [-0.2, -0.15) is 0 Å². The van der Waals surface area contributed by atoms with Crippen molar-refractivity contribution in [3.8, 4) is 11.5 Å². The van der Waals surface area contributed by atoms with Gasteiger partial charge in [0.25, 0.3) is 0 Å². The molecule has 1 aromatic heterocycles. The largest absolute Gasteiger partial charge is 0.480 e. The molecule has 0 atom stereocenters. The molecule has 0 radical (unpaired) electrons. The van der Waals surface area contributed by atoms with E-state index in [-0.39, 0.29) is 12.5 Å². The molecule has 100 valence electrons. The summed E-state index contributed by atoms with van der Waals surface area (Å²) in [6.07, 6.45) is 0. The summed E-state index contributed by atoms with van der Waals surface area (Å²) in [6, 6.07) is 5.71. The summed E-state index contributed by atoms with van der Waals surface area (Å²) in [5.41, 5.74) is 0.812. The molecule has 6 nitrogen and oxygen atoms in total. The van der Waals surface area contributed by atoms with Crippen LogP contribution in [0.2, 0.25) is 0 Å². The number of nitrogens with zero attached hydrogens (tertiary/aromatic N) is 2. The molecule has 8 heteroatoms. The SMILES string of the molecule is O=C(O)COCc1nnc(-c2cc(Br)ccc2I)o1. The topological polar surface area (TPSA) is 85.5 Å². The highest BCUT2D eigenvalue weighted by Crippen LogP contribution is 2.27. The van der Waals surface area contributed by atoms with Crippen LogP contribution in [0.4, 0.5) is 0 Å². The van der Waals surface area contributed by atoms with Gasteiger partial charge in [-0.1, -0.05) is 15.9 Å². The molecule has 0 saturated carbocycles. The minimum absolute atomic E-state index is 0.0239. The van der Waals surface area contributed by atoms with Crippen LogP contribution in [-0.4, -0.2) is 27.9 Å². The smallest absolute Gasteiger partial charge is 0.329 e. The van der Waals surface area contributed by atoms with Gasteiger partial charge < -0.3 is 14.3 Å². The van der Waals surface area contributed by atoms with Crippen molar-refractivity contribution < 1.29 is 19.1 Å². The molecule has 0 amide bonds. The Morgan fingerprint density at radius 1 is 1.47 bits per heavy atom. The van der Waals surface area contributed by atoms with E-state index in [2.05, 4.69) is 48.7 Å². The first-order chi connectivity index (χ1) is 9.06. The van der Waals surface area contributed by atoms with E-state index < -0.39 is 12.6 Å². The van der Waals surface area contributed by atoms with E-state index in [9.17, 15) is 4.79 Å². The number of carboxylic acids is 1. The zero-order chi connectivity index (χ0) is 13.8. The van der Waals surface area contributed by atoms with E-state index in [0.717, 1.165) is 13.6 Å². The lowest BCUT2D eigenvalue weighted by Crippen LogP contribution is -2.06. The Labute approximate surface area is 130 Å². The molecule has 0 saturated heterocycles. The second-order valence-electron chi connectivity index (χ2n) is 3.51. The Balaban J connectivity index is 2.12. The average Bonchev–Trinajstić information content (AvgIpc) is 2.80. The van der Waals surface area contributed by atoms with Crippen LogP contribution in [0.15, 0.2) is 27.1 Å². The molecule has 0 bridgehead atoms. The van der Waals surface area contributed by atoms with Crippen molar-refractivity contribution in [2.75, 3.05) is 6.61 Å². The summed E-state index contributed by atoms with van der Waals surface area (Å²) in [4.78, 5) is 10.3. The van der Waals surface area contributed by atoms with Crippen LogP contribution in [0.25, 0.3) is 11.5 Å². The number of carbonyl (C=O) groups is 1. The Morgan fingerprint density at radius 3 is 3.00 bits per heavy atom. The molecule has 2 aromatic rings. The van der Waals surface area contributed by atoms with Crippen LogP contribution < -0.4 is 0 Å². The van der Waals surface area contributed by atoms with Crippen molar-refractivity contribution >= 4 is 44.5 Å². The fourth-order valence-corrected chi connectivity index (χ4v) is 2.24. The maximum absolute atomic E-state index is 10.3. The lowest BCUT2D eigenvalue weighted by molar-refractivity contribution is -0.142. The van der Waals surface area contributed by atoms with Gasteiger partial charge in [0.2, 0.25) is 11.8 Å². The predicted molar refractivity (Wildman–Crippen MR) is 77.4 cm³/mol. The highest BCUT2D eigenvalue weighted by atomic mass is 127. The molecule has 0 aliphatic carbocycles. The van der Waals surface area contributed by atoms with Crippen LogP contribution in [0.1, 0.15) is 5.89 Å². The van der Waals surface area contributed by atoms with Crippen molar-refractivity contribution in [2.45, 2.75) is 6.61 Å². The van der Waals surface area contributed by atoms with Crippen LogP contribution in [0, 0.1) is 3.57 Å². The summed E-state index contributed by atoms with van der Waals surface area (Å²) in [5, 5.41) is 16.2. The van der Waals surface area contributed by atoms with E-state index >= 15 is 0 Å². The molecule has 1 heterocycles. The summed E-state index contributed by atoms with van der Waals surface area (Å²) < 4.78 is 12.2. The van der Waals surface area contributed by atoms with Crippen LogP contribution in [0.5, 0.6) is 0 Å². The number of aromatic nitrogens is 2. The second-order valence-corrected chi connectivity index (χ2v) is 5.59. The molecule has 1 aromatic carbocycles. The summed E-state index contributed by atoms with van der Waals surface area (Å²) >= 11 is 5.54. The van der Waals surface area contributed by atoms with E-state index in [1.165, 1.54) is 0 Å². The van der Waals surface area contributed by atoms with Gasteiger partial charge in [0, 0.05) is 8.04 Å². The number of benzene rings is 1. The Hall–Kier alpha value is -1.000. The molecule has 0 spiro atoms. The Bertz CT molecular complexity index is 602. The number of halogens is 2. The lowest BCUT2D eigenvalue weighted by atomic mass is 10.2.